The van der Waals surface area contributed by atoms with Crippen LogP contribution >= 0.6 is 49.9 Å². The minimum atomic E-state index is 0.844. The summed E-state index contributed by atoms with van der Waals surface area (Å²) in [5.74, 6) is 0. The maximum atomic E-state index is 5.35. The fourth-order valence-electron chi connectivity index (χ4n) is 1.39. The van der Waals surface area contributed by atoms with E-state index < -0.39 is 0 Å². The molecule has 1 heterocycles. The third kappa shape index (κ3) is 1.79. The number of hydrogen-bond donors (Lipinski definition) is 0. The van der Waals surface area contributed by atoms with E-state index in [-0.39, 0.29) is 0 Å². The molecule has 0 aliphatic rings. The minimum absolute atomic E-state index is 0.844. The van der Waals surface area contributed by atoms with Crippen LogP contribution in [0.15, 0.2) is 18.2 Å². The lowest BCUT2D eigenvalue weighted by molar-refractivity contribution is 0.424. The molecule has 0 fully saturated rings. The number of ether oxygens (including phenoxy) is 1. The van der Waals surface area contributed by atoms with Gasteiger partial charge in [0.05, 0.1) is 7.11 Å². The average molecular weight is 383 g/mol. The van der Waals surface area contributed by atoms with E-state index in [1.807, 2.05) is 0 Å². The van der Waals surface area contributed by atoms with Crippen molar-refractivity contribution in [3.05, 3.63) is 27.3 Å². The van der Waals surface area contributed by atoms with E-state index in [0.29, 0.717) is 0 Å². The predicted octanol–water partition coefficient (Wildman–Crippen LogP) is 4.41. The van der Waals surface area contributed by atoms with Crippen LogP contribution in [0.1, 0.15) is 5.56 Å². The number of fused-ring (bicyclic) bond motifs is 1. The molecule has 0 atom stereocenters. The number of rotatable bonds is 2. The Morgan fingerprint density at radius 3 is 2.93 bits per heavy atom. The zero-order valence-corrected chi connectivity index (χ0v) is 12.1. The fraction of sp³-hybridized carbons (Fsp3) is 0.200. The van der Waals surface area contributed by atoms with Crippen LogP contribution in [0, 0.1) is 3.57 Å². The second-order valence-corrected chi connectivity index (χ2v) is 5.67. The Labute approximate surface area is 109 Å². The van der Waals surface area contributed by atoms with Crippen molar-refractivity contribution in [1.29, 1.82) is 0 Å². The first-order valence-corrected chi connectivity index (χ1v) is 7.09. The second kappa shape index (κ2) is 4.37. The highest BCUT2D eigenvalue weighted by Crippen LogP contribution is 2.39. The number of benzene rings is 1. The lowest BCUT2D eigenvalue weighted by Gasteiger charge is -1.98. The molecule has 0 unspecified atom stereocenters. The van der Waals surface area contributed by atoms with Crippen molar-refractivity contribution in [2.24, 2.45) is 0 Å². The first-order chi connectivity index (χ1) is 6.76. The summed E-state index contributed by atoms with van der Waals surface area (Å²) >= 11 is 7.53. The zero-order valence-electron chi connectivity index (χ0n) is 7.51. The van der Waals surface area contributed by atoms with Crippen molar-refractivity contribution in [3.63, 3.8) is 0 Å². The molecule has 0 amide bonds. The Morgan fingerprint density at radius 2 is 2.29 bits per heavy atom. The SMILES string of the molecule is COc1sc2ccc(I)cc2c1CBr. The quantitative estimate of drug-likeness (QED) is 0.552. The molecule has 2 aromatic rings. The van der Waals surface area contributed by atoms with Gasteiger partial charge < -0.3 is 4.74 Å². The first kappa shape index (κ1) is 10.7. The predicted molar refractivity (Wildman–Crippen MR) is 73.7 cm³/mol. The second-order valence-electron chi connectivity index (χ2n) is 2.85. The highest BCUT2D eigenvalue weighted by molar-refractivity contribution is 14.1. The molecule has 0 radical (unpaired) electrons. The van der Waals surface area contributed by atoms with Gasteiger partial charge in [0.2, 0.25) is 0 Å². The van der Waals surface area contributed by atoms with E-state index in [1.165, 1.54) is 19.2 Å². The molecule has 74 valence electrons. The molecule has 1 nitrogen and oxygen atoms in total. The van der Waals surface area contributed by atoms with Gasteiger partial charge in [-0.15, -0.1) is 0 Å². The number of halogens is 2. The zero-order chi connectivity index (χ0) is 10.1. The van der Waals surface area contributed by atoms with Crippen molar-refractivity contribution in [1.82, 2.24) is 0 Å². The first-order valence-electron chi connectivity index (χ1n) is 4.07. The van der Waals surface area contributed by atoms with Gasteiger partial charge in [0, 0.05) is 24.5 Å². The number of thiophene rings is 1. The van der Waals surface area contributed by atoms with Crippen LogP contribution in [0.3, 0.4) is 0 Å². The summed E-state index contributed by atoms with van der Waals surface area (Å²) < 4.78 is 7.90. The van der Waals surface area contributed by atoms with Gasteiger partial charge in [0.1, 0.15) is 0 Å². The van der Waals surface area contributed by atoms with Gasteiger partial charge in [0.15, 0.2) is 5.06 Å². The number of methoxy groups -OCH3 is 1. The molecule has 0 bridgehead atoms. The Morgan fingerprint density at radius 1 is 1.50 bits per heavy atom. The van der Waals surface area contributed by atoms with E-state index in [9.17, 15) is 0 Å². The van der Waals surface area contributed by atoms with Crippen LogP contribution in [0.4, 0.5) is 0 Å². The Kier molecular flexibility index (Phi) is 3.34. The van der Waals surface area contributed by atoms with Gasteiger partial charge in [-0.2, -0.15) is 0 Å². The highest BCUT2D eigenvalue weighted by Gasteiger charge is 2.11. The fourth-order valence-corrected chi connectivity index (χ4v) is 3.64. The van der Waals surface area contributed by atoms with Gasteiger partial charge in [-0.05, 0) is 40.8 Å². The van der Waals surface area contributed by atoms with Crippen LogP contribution in [0.5, 0.6) is 5.06 Å². The molecule has 4 heteroatoms. The molecule has 1 aromatic carbocycles. The maximum Gasteiger partial charge on any atom is 0.178 e. The molecule has 0 spiro atoms. The van der Waals surface area contributed by atoms with Crippen molar-refractivity contribution in [3.8, 4) is 5.06 Å². The Balaban J connectivity index is 2.74. The summed E-state index contributed by atoms with van der Waals surface area (Å²) in [6.07, 6.45) is 0. The Hall–Kier alpha value is 0.190. The highest BCUT2D eigenvalue weighted by atomic mass is 127. The molecule has 0 aliphatic heterocycles. The van der Waals surface area contributed by atoms with Crippen LogP contribution in [-0.4, -0.2) is 7.11 Å². The topological polar surface area (TPSA) is 9.23 Å². The van der Waals surface area contributed by atoms with E-state index in [0.717, 1.165) is 10.4 Å². The van der Waals surface area contributed by atoms with E-state index >= 15 is 0 Å². The Bertz CT molecular complexity index is 466. The van der Waals surface area contributed by atoms with Gasteiger partial charge >= 0.3 is 0 Å². The van der Waals surface area contributed by atoms with Gasteiger partial charge in [0.25, 0.3) is 0 Å². The molecule has 0 aliphatic carbocycles. The van der Waals surface area contributed by atoms with Crippen LogP contribution in [-0.2, 0) is 5.33 Å². The summed E-state index contributed by atoms with van der Waals surface area (Å²) in [6.45, 7) is 0. The average Bonchev–Trinajstić information content (AvgIpc) is 2.54. The standard InChI is InChI=1S/C10H8BrIOS/c1-13-10-8(5-11)7-4-6(12)2-3-9(7)14-10/h2-4H,5H2,1H3. The lowest BCUT2D eigenvalue weighted by atomic mass is 10.2. The number of alkyl halides is 1. The van der Waals surface area contributed by atoms with Crippen molar-refractivity contribution in [2.75, 3.05) is 7.11 Å². The molecule has 0 saturated carbocycles. The molecule has 2 rings (SSSR count). The van der Waals surface area contributed by atoms with Crippen molar-refractivity contribution in [2.45, 2.75) is 5.33 Å². The summed E-state index contributed by atoms with van der Waals surface area (Å²) in [5, 5.41) is 3.16. The summed E-state index contributed by atoms with van der Waals surface area (Å²) in [7, 11) is 1.72. The molecule has 0 N–H and O–H groups in total. The largest absolute Gasteiger partial charge is 0.487 e. The third-order valence-corrected chi connectivity index (χ3v) is 4.44. The smallest absolute Gasteiger partial charge is 0.178 e. The van der Waals surface area contributed by atoms with Gasteiger partial charge in [-0.25, -0.2) is 0 Å². The lowest BCUT2D eigenvalue weighted by Crippen LogP contribution is -1.83. The van der Waals surface area contributed by atoms with E-state index in [1.54, 1.807) is 18.4 Å². The summed E-state index contributed by atoms with van der Waals surface area (Å²) in [5.41, 5.74) is 1.26. The molecular weight excluding hydrogens is 375 g/mol. The minimum Gasteiger partial charge on any atom is -0.487 e. The summed E-state index contributed by atoms with van der Waals surface area (Å²) in [6, 6.07) is 6.47. The van der Waals surface area contributed by atoms with E-state index in [4.69, 9.17) is 4.74 Å². The van der Waals surface area contributed by atoms with Gasteiger partial charge in [-0.3, -0.25) is 0 Å². The van der Waals surface area contributed by atoms with Crippen LogP contribution < -0.4 is 4.74 Å². The maximum absolute atomic E-state index is 5.35. The molecule has 1 aromatic heterocycles. The summed E-state index contributed by atoms with van der Waals surface area (Å²) in [4.78, 5) is 0. The molecule has 14 heavy (non-hydrogen) atoms. The normalized spacial score (nSPS) is 10.8. The van der Waals surface area contributed by atoms with Crippen molar-refractivity contribution < 1.29 is 4.74 Å². The molecular formula is C10H8BrIOS. The van der Waals surface area contributed by atoms with Crippen LogP contribution in [0.2, 0.25) is 0 Å². The molecule has 0 saturated heterocycles. The third-order valence-electron chi connectivity index (χ3n) is 2.03. The van der Waals surface area contributed by atoms with Crippen LogP contribution in [0.25, 0.3) is 10.1 Å². The monoisotopic (exact) mass is 382 g/mol. The number of hydrogen-bond acceptors (Lipinski definition) is 2. The van der Waals surface area contributed by atoms with E-state index in [2.05, 4.69) is 56.7 Å². The van der Waals surface area contributed by atoms with Gasteiger partial charge in [-0.1, -0.05) is 27.3 Å². The van der Waals surface area contributed by atoms with Crippen molar-refractivity contribution >= 4 is 59.9 Å².